The number of nitrogens with zero attached hydrogens (tertiary/aromatic N) is 1. The summed E-state index contributed by atoms with van der Waals surface area (Å²) in [4.78, 5) is 2.29. The third-order valence-electron chi connectivity index (χ3n) is 3.30. The molecule has 1 rings (SSSR count). The van der Waals surface area contributed by atoms with Crippen LogP contribution in [-0.2, 0) is 16.4 Å². The van der Waals surface area contributed by atoms with Gasteiger partial charge in [0.1, 0.15) is 9.84 Å². The van der Waals surface area contributed by atoms with E-state index in [9.17, 15) is 8.42 Å². The molecule has 0 aliphatic rings. The van der Waals surface area contributed by atoms with Gasteiger partial charge in [0.05, 0.1) is 5.75 Å². The second-order valence-corrected chi connectivity index (χ2v) is 7.47. The van der Waals surface area contributed by atoms with Gasteiger partial charge in [-0.15, -0.1) is 0 Å². The molecule has 0 atom stereocenters. The molecule has 0 bridgehead atoms. The van der Waals surface area contributed by atoms with Crippen molar-refractivity contribution in [3.63, 3.8) is 0 Å². The average molecular weight is 298 g/mol. The molecule has 0 fully saturated rings. The Morgan fingerprint density at radius 2 is 1.75 bits per heavy atom. The Balaban J connectivity index is 2.47. The monoisotopic (exact) mass is 298 g/mol. The molecule has 0 heterocycles. The highest BCUT2D eigenvalue weighted by Crippen LogP contribution is 2.06. The van der Waals surface area contributed by atoms with Gasteiger partial charge in [0.15, 0.2) is 0 Å². The zero-order valence-corrected chi connectivity index (χ0v) is 13.1. The topological polar surface area (TPSA) is 63.4 Å². The van der Waals surface area contributed by atoms with E-state index >= 15 is 0 Å². The summed E-state index contributed by atoms with van der Waals surface area (Å²) in [5.41, 5.74) is 6.82. The van der Waals surface area contributed by atoms with Gasteiger partial charge in [0.25, 0.3) is 0 Å². The van der Waals surface area contributed by atoms with Gasteiger partial charge in [-0.3, -0.25) is 4.90 Å². The van der Waals surface area contributed by atoms with Gasteiger partial charge in [0.2, 0.25) is 0 Å². The van der Waals surface area contributed by atoms with E-state index in [0.29, 0.717) is 13.0 Å². The SMILES string of the molecule is CCS(=O)(=O)CCCN(CCCN)Cc1ccccc1. The third-order valence-corrected chi connectivity index (χ3v) is 5.09. The van der Waals surface area contributed by atoms with Crippen LogP contribution in [0.5, 0.6) is 0 Å². The Bertz CT molecular complexity index is 460. The summed E-state index contributed by atoms with van der Waals surface area (Å²) >= 11 is 0. The Morgan fingerprint density at radius 1 is 1.10 bits per heavy atom. The van der Waals surface area contributed by atoms with Gasteiger partial charge in [0, 0.05) is 12.3 Å². The molecule has 1 aromatic carbocycles. The van der Waals surface area contributed by atoms with Crippen LogP contribution in [0.2, 0.25) is 0 Å². The van der Waals surface area contributed by atoms with Gasteiger partial charge in [-0.2, -0.15) is 0 Å². The predicted molar refractivity (Wildman–Crippen MR) is 84.3 cm³/mol. The molecule has 0 aliphatic heterocycles. The molecule has 0 radical (unpaired) electrons. The molecule has 5 heteroatoms. The van der Waals surface area contributed by atoms with Crippen LogP contribution in [0.4, 0.5) is 0 Å². The Labute approximate surface area is 122 Å². The predicted octanol–water partition coefficient (Wildman–Crippen LogP) is 1.66. The van der Waals surface area contributed by atoms with Crippen molar-refractivity contribution in [1.82, 2.24) is 4.90 Å². The van der Waals surface area contributed by atoms with Gasteiger partial charge in [-0.1, -0.05) is 37.3 Å². The summed E-state index contributed by atoms with van der Waals surface area (Å²) in [6.45, 7) is 4.93. The summed E-state index contributed by atoms with van der Waals surface area (Å²) in [7, 11) is -2.86. The van der Waals surface area contributed by atoms with Crippen LogP contribution in [0.15, 0.2) is 30.3 Å². The summed E-state index contributed by atoms with van der Waals surface area (Å²) in [6.07, 6.45) is 1.63. The molecule has 0 aromatic heterocycles. The summed E-state index contributed by atoms with van der Waals surface area (Å²) in [6, 6.07) is 10.2. The van der Waals surface area contributed by atoms with Crippen LogP contribution >= 0.6 is 0 Å². The van der Waals surface area contributed by atoms with Crippen LogP contribution in [-0.4, -0.2) is 44.5 Å². The zero-order chi connectivity index (χ0) is 14.8. The average Bonchev–Trinajstić information content (AvgIpc) is 2.45. The van der Waals surface area contributed by atoms with Crippen molar-refractivity contribution in [2.24, 2.45) is 5.73 Å². The van der Waals surface area contributed by atoms with Gasteiger partial charge >= 0.3 is 0 Å². The van der Waals surface area contributed by atoms with Crippen molar-refractivity contribution in [3.8, 4) is 0 Å². The van der Waals surface area contributed by atoms with E-state index in [4.69, 9.17) is 5.73 Å². The number of hydrogen-bond donors (Lipinski definition) is 1. The highest BCUT2D eigenvalue weighted by Gasteiger charge is 2.10. The molecule has 4 nitrogen and oxygen atoms in total. The van der Waals surface area contributed by atoms with E-state index < -0.39 is 9.84 Å². The molecule has 0 amide bonds. The fourth-order valence-corrected chi connectivity index (χ4v) is 2.94. The normalized spacial score (nSPS) is 11.9. The quantitative estimate of drug-likeness (QED) is 0.713. The summed E-state index contributed by atoms with van der Waals surface area (Å²) in [5, 5.41) is 0. The zero-order valence-electron chi connectivity index (χ0n) is 12.3. The van der Waals surface area contributed by atoms with Crippen molar-refractivity contribution in [2.45, 2.75) is 26.3 Å². The maximum Gasteiger partial charge on any atom is 0.150 e. The number of rotatable bonds is 10. The Morgan fingerprint density at radius 3 is 2.35 bits per heavy atom. The van der Waals surface area contributed by atoms with E-state index in [0.717, 1.165) is 26.1 Å². The lowest BCUT2D eigenvalue weighted by atomic mass is 10.2. The molecule has 1 aromatic rings. The number of nitrogens with two attached hydrogens (primary N) is 1. The van der Waals surface area contributed by atoms with Crippen LogP contribution in [0.1, 0.15) is 25.3 Å². The lowest BCUT2D eigenvalue weighted by Crippen LogP contribution is -2.28. The fraction of sp³-hybridized carbons (Fsp3) is 0.600. The maximum atomic E-state index is 11.5. The minimum atomic E-state index is -2.86. The Kier molecular flexibility index (Phi) is 7.80. The standard InChI is InChI=1S/C15H26N2O2S/c1-2-20(18,19)13-7-12-17(11-6-10-16)14-15-8-4-3-5-9-15/h3-5,8-9H,2,6-7,10-14,16H2,1H3. The molecular weight excluding hydrogens is 272 g/mol. The second-order valence-electron chi connectivity index (χ2n) is 4.99. The van der Waals surface area contributed by atoms with E-state index in [-0.39, 0.29) is 11.5 Å². The first kappa shape index (κ1) is 17.1. The van der Waals surface area contributed by atoms with E-state index in [1.807, 2.05) is 18.2 Å². The molecule has 2 N–H and O–H groups in total. The smallest absolute Gasteiger partial charge is 0.150 e. The van der Waals surface area contributed by atoms with E-state index in [2.05, 4.69) is 17.0 Å². The lowest BCUT2D eigenvalue weighted by molar-refractivity contribution is 0.264. The fourth-order valence-electron chi connectivity index (χ4n) is 2.08. The minimum Gasteiger partial charge on any atom is -0.330 e. The summed E-state index contributed by atoms with van der Waals surface area (Å²) < 4.78 is 23.0. The van der Waals surface area contributed by atoms with Crippen molar-refractivity contribution >= 4 is 9.84 Å². The van der Waals surface area contributed by atoms with Crippen LogP contribution in [0.25, 0.3) is 0 Å². The van der Waals surface area contributed by atoms with Crippen LogP contribution in [0.3, 0.4) is 0 Å². The van der Waals surface area contributed by atoms with Crippen LogP contribution in [0, 0.1) is 0 Å². The molecule has 0 saturated heterocycles. The summed E-state index contributed by atoms with van der Waals surface area (Å²) in [5.74, 6) is 0.506. The van der Waals surface area contributed by atoms with Crippen molar-refractivity contribution in [1.29, 1.82) is 0 Å². The molecule has 114 valence electrons. The second kappa shape index (κ2) is 9.10. The number of sulfone groups is 1. The molecular formula is C15H26N2O2S. The third kappa shape index (κ3) is 7.03. The largest absolute Gasteiger partial charge is 0.330 e. The molecule has 20 heavy (non-hydrogen) atoms. The first-order valence-electron chi connectivity index (χ1n) is 7.24. The highest BCUT2D eigenvalue weighted by molar-refractivity contribution is 7.91. The first-order valence-corrected chi connectivity index (χ1v) is 9.06. The molecule has 0 unspecified atom stereocenters. The number of hydrogen-bond acceptors (Lipinski definition) is 4. The van der Waals surface area contributed by atoms with E-state index in [1.165, 1.54) is 5.56 Å². The molecule has 0 aliphatic carbocycles. The number of benzene rings is 1. The molecule has 0 spiro atoms. The maximum absolute atomic E-state index is 11.5. The minimum absolute atomic E-state index is 0.231. The van der Waals surface area contributed by atoms with Crippen molar-refractivity contribution in [2.75, 3.05) is 31.1 Å². The lowest BCUT2D eigenvalue weighted by Gasteiger charge is -2.22. The van der Waals surface area contributed by atoms with Gasteiger partial charge in [-0.05, 0) is 38.0 Å². The molecule has 0 saturated carbocycles. The first-order chi connectivity index (χ1) is 9.57. The van der Waals surface area contributed by atoms with Crippen LogP contribution < -0.4 is 5.73 Å². The highest BCUT2D eigenvalue weighted by atomic mass is 32.2. The van der Waals surface area contributed by atoms with Crippen molar-refractivity contribution < 1.29 is 8.42 Å². The Hall–Kier alpha value is -0.910. The van der Waals surface area contributed by atoms with E-state index in [1.54, 1.807) is 6.92 Å². The van der Waals surface area contributed by atoms with Gasteiger partial charge < -0.3 is 5.73 Å². The van der Waals surface area contributed by atoms with Crippen molar-refractivity contribution in [3.05, 3.63) is 35.9 Å². The van der Waals surface area contributed by atoms with Gasteiger partial charge in [-0.25, -0.2) is 8.42 Å².